The lowest BCUT2D eigenvalue weighted by molar-refractivity contribution is 0.0995. The molecule has 4 N–H and O–H groups in total. The zero-order valence-electron chi connectivity index (χ0n) is 9.32. The van der Waals surface area contributed by atoms with E-state index in [2.05, 4.69) is 0 Å². The highest BCUT2D eigenvalue weighted by Gasteiger charge is 2.23. The molecule has 6 nitrogen and oxygen atoms in total. The first-order chi connectivity index (χ1) is 8.82. The maximum Gasteiger partial charge on any atom is 0.258 e. The van der Waals surface area contributed by atoms with Crippen molar-refractivity contribution in [1.82, 2.24) is 0 Å². The van der Waals surface area contributed by atoms with Crippen LogP contribution in [-0.4, -0.2) is 20.2 Å². The van der Waals surface area contributed by atoms with E-state index in [0.717, 1.165) is 22.7 Å². The van der Waals surface area contributed by atoms with Gasteiger partial charge in [0.1, 0.15) is 8.42 Å². The van der Waals surface area contributed by atoms with Crippen molar-refractivity contribution in [1.29, 1.82) is 0 Å². The molecule has 0 bridgehead atoms. The van der Waals surface area contributed by atoms with E-state index in [1.54, 1.807) is 0 Å². The molecule has 0 aromatic carbocycles. The second kappa shape index (κ2) is 4.76. The first kappa shape index (κ1) is 13.7. The van der Waals surface area contributed by atoms with Crippen LogP contribution < -0.4 is 11.5 Å². The van der Waals surface area contributed by atoms with Crippen LogP contribution >= 0.6 is 22.7 Å². The summed E-state index contributed by atoms with van der Waals surface area (Å²) in [5.41, 5.74) is 10.1. The van der Waals surface area contributed by atoms with Gasteiger partial charge in [-0.25, -0.2) is 8.42 Å². The maximum absolute atomic E-state index is 12.2. The minimum absolute atomic E-state index is 0.000768. The number of primary amides is 2. The van der Waals surface area contributed by atoms with Gasteiger partial charge in [-0.05, 0) is 24.3 Å². The van der Waals surface area contributed by atoms with Crippen LogP contribution in [0.15, 0.2) is 32.7 Å². The zero-order chi connectivity index (χ0) is 14.2. The Labute approximate surface area is 116 Å². The molecule has 0 aliphatic heterocycles. The molecule has 0 saturated heterocycles. The van der Waals surface area contributed by atoms with Gasteiger partial charge in [-0.2, -0.15) is 0 Å². The van der Waals surface area contributed by atoms with Gasteiger partial charge in [0.05, 0.1) is 9.75 Å². The molecule has 2 rings (SSSR count). The Morgan fingerprint density at radius 3 is 1.47 bits per heavy atom. The summed E-state index contributed by atoms with van der Waals surface area (Å²) in [6, 6.07) is 5.32. The van der Waals surface area contributed by atoms with Crippen molar-refractivity contribution in [2.75, 3.05) is 0 Å². The second-order valence-corrected chi connectivity index (χ2v) is 8.04. The molecular weight excluding hydrogens is 308 g/mol. The van der Waals surface area contributed by atoms with Crippen LogP contribution in [0.3, 0.4) is 0 Å². The molecule has 2 aromatic rings. The van der Waals surface area contributed by atoms with E-state index < -0.39 is 21.7 Å². The fraction of sp³-hybridized carbons (Fsp3) is 0. The number of rotatable bonds is 4. The van der Waals surface area contributed by atoms with Crippen LogP contribution in [0.5, 0.6) is 0 Å². The van der Waals surface area contributed by atoms with Crippen molar-refractivity contribution in [3.63, 3.8) is 0 Å². The van der Waals surface area contributed by atoms with E-state index >= 15 is 0 Å². The Bertz CT molecular complexity index is 699. The summed E-state index contributed by atoms with van der Waals surface area (Å²) in [5, 5.41) is 0. The Hall–Kier alpha value is -1.71. The van der Waals surface area contributed by atoms with Crippen molar-refractivity contribution >= 4 is 44.3 Å². The number of hydrogen-bond donors (Lipinski definition) is 2. The van der Waals surface area contributed by atoms with Gasteiger partial charge in [0.25, 0.3) is 11.8 Å². The standard InChI is InChI=1S/C10H8N2O4S3/c11-9(13)5-1-3-7(17-5)19(15,16)8-4-2-6(18-8)10(12)14/h1-4H,(H2,11,13)(H2,12,14). The Morgan fingerprint density at radius 1 is 0.842 bits per heavy atom. The summed E-state index contributed by atoms with van der Waals surface area (Å²) >= 11 is 1.58. The molecule has 0 fully saturated rings. The summed E-state index contributed by atoms with van der Waals surface area (Å²) in [6.45, 7) is 0. The number of carbonyl (C=O) groups is 2. The van der Waals surface area contributed by atoms with E-state index in [0.29, 0.717) is 0 Å². The topological polar surface area (TPSA) is 120 Å². The SMILES string of the molecule is NC(=O)c1ccc(S(=O)(=O)c2ccc(C(N)=O)s2)s1. The maximum atomic E-state index is 12.2. The molecule has 0 unspecified atom stereocenters. The third-order valence-electron chi connectivity index (χ3n) is 2.18. The molecule has 2 heterocycles. The average molecular weight is 316 g/mol. The average Bonchev–Trinajstić information content (AvgIpc) is 2.99. The van der Waals surface area contributed by atoms with Crippen molar-refractivity contribution in [3.05, 3.63) is 34.0 Å². The predicted octanol–water partition coefficient (Wildman–Crippen LogP) is 0.840. The summed E-state index contributed by atoms with van der Waals surface area (Å²) < 4.78 is 24.4. The van der Waals surface area contributed by atoms with Crippen LogP contribution in [0, 0.1) is 0 Å². The molecule has 0 aliphatic rings. The third kappa shape index (κ3) is 2.53. The molecule has 19 heavy (non-hydrogen) atoms. The van der Waals surface area contributed by atoms with Crippen LogP contribution in [-0.2, 0) is 9.84 Å². The smallest absolute Gasteiger partial charge is 0.258 e. The summed E-state index contributed by atoms with van der Waals surface area (Å²) in [4.78, 5) is 22.2. The molecule has 0 atom stereocenters. The molecular formula is C10H8N2O4S3. The number of amides is 2. The molecule has 2 aromatic heterocycles. The molecule has 100 valence electrons. The van der Waals surface area contributed by atoms with E-state index in [1.165, 1.54) is 24.3 Å². The fourth-order valence-corrected chi connectivity index (χ4v) is 5.28. The molecule has 0 spiro atoms. The van der Waals surface area contributed by atoms with E-state index in [9.17, 15) is 18.0 Å². The normalized spacial score (nSPS) is 11.4. The second-order valence-electron chi connectivity index (χ2n) is 3.47. The van der Waals surface area contributed by atoms with Gasteiger partial charge in [0.15, 0.2) is 0 Å². The Morgan fingerprint density at radius 2 is 1.21 bits per heavy atom. The van der Waals surface area contributed by atoms with Gasteiger partial charge in [-0.3, -0.25) is 9.59 Å². The quantitative estimate of drug-likeness (QED) is 0.868. The Balaban J connectivity index is 2.45. The highest BCUT2D eigenvalue weighted by atomic mass is 32.3. The lowest BCUT2D eigenvalue weighted by Gasteiger charge is -1.96. The molecule has 0 saturated carbocycles. The number of carbonyl (C=O) groups excluding carboxylic acids is 2. The Kier molecular flexibility index (Phi) is 3.43. The number of sulfone groups is 1. The van der Waals surface area contributed by atoms with Gasteiger partial charge in [-0.15, -0.1) is 22.7 Å². The molecule has 0 aliphatic carbocycles. The van der Waals surface area contributed by atoms with Crippen LogP contribution in [0.2, 0.25) is 0 Å². The van der Waals surface area contributed by atoms with Crippen LogP contribution in [0.4, 0.5) is 0 Å². The van der Waals surface area contributed by atoms with Crippen molar-refractivity contribution in [2.45, 2.75) is 8.42 Å². The molecule has 2 amide bonds. The summed E-state index contributed by atoms with van der Waals surface area (Å²) in [5.74, 6) is -1.37. The number of nitrogens with two attached hydrogens (primary N) is 2. The highest BCUT2D eigenvalue weighted by Crippen LogP contribution is 2.31. The van der Waals surface area contributed by atoms with Crippen LogP contribution in [0.1, 0.15) is 19.3 Å². The number of hydrogen-bond acceptors (Lipinski definition) is 6. The fourth-order valence-electron chi connectivity index (χ4n) is 1.29. The van der Waals surface area contributed by atoms with Crippen molar-refractivity contribution in [2.24, 2.45) is 11.5 Å². The largest absolute Gasteiger partial charge is 0.365 e. The van der Waals surface area contributed by atoms with Crippen molar-refractivity contribution < 1.29 is 18.0 Å². The minimum atomic E-state index is -3.74. The minimum Gasteiger partial charge on any atom is -0.365 e. The summed E-state index contributed by atoms with van der Waals surface area (Å²) in [6.07, 6.45) is 0. The van der Waals surface area contributed by atoms with Crippen LogP contribution in [0.25, 0.3) is 0 Å². The van der Waals surface area contributed by atoms with Crippen molar-refractivity contribution in [3.8, 4) is 0 Å². The zero-order valence-corrected chi connectivity index (χ0v) is 11.8. The number of thiophene rings is 2. The van der Waals surface area contributed by atoms with E-state index in [-0.39, 0.29) is 18.2 Å². The third-order valence-corrected chi connectivity index (χ3v) is 7.12. The lowest BCUT2D eigenvalue weighted by Crippen LogP contribution is -2.08. The predicted molar refractivity (Wildman–Crippen MR) is 71.1 cm³/mol. The monoisotopic (exact) mass is 316 g/mol. The van der Waals surface area contributed by atoms with E-state index in [4.69, 9.17) is 11.5 Å². The van der Waals surface area contributed by atoms with E-state index in [1.807, 2.05) is 0 Å². The summed E-state index contributed by atoms with van der Waals surface area (Å²) in [7, 11) is -3.74. The first-order valence-corrected chi connectivity index (χ1v) is 7.98. The van der Waals surface area contributed by atoms with Gasteiger partial charge in [-0.1, -0.05) is 0 Å². The van der Waals surface area contributed by atoms with Gasteiger partial charge >= 0.3 is 0 Å². The molecule has 0 radical (unpaired) electrons. The highest BCUT2D eigenvalue weighted by molar-refractivity contribution is 7.95. The van der Waals surface area contributed by atoms with Gasteiger partial charge in [0, 0.05) is 0 Å². The first-order valence-electron chi connectivity index (χ1n) is 4.87. The van der Waals surface area contributed by atoms with Gasteiger partial charge < -0.3 is 11.5 Å². The van der Waals surface area contributed by atoms with Gasteiger partial charge in [0.2, 0.25) is 9.84 Å². The lowest BCUT2D eigenvalue weighted by atomic mass is 10.5. The molecule has 9 heteroatoms.